The lowest BCUT2D eigenvalue weighted by Crippen LogP contribution is -2.36. The van der Waals surface area contributed by atoms with Gasteiger partial charge in [-0.25, -0.2) is 9.18 Å². The average molecular weight is 240 g/mol. The Hall–Kier alpha value is -1.62. The number of methoxy groups -OCH3 is 1. The lowest BCUT2D eigenvalue weighted by molar-refractivity contribution is 0.196. The van der Waals surface area contributed by atoms with Gasteiger partial charge >= 0.3 is 6.03 Å². The maximum atomic E-state index is 13.2. The number of hydrogen-bond donors (Lipinski definition) is 2. The summed E-state index contributed by atoms with van der Waals surface area (Å²) in [6.45, 7) is 2.91. The fourth-order valence-corrected chi connectivity index (χ4v) is 1.26. The molecule has 5 heteroatoms. The van der Waals surface area contributed by atoms with E-state index in [1.54, 1.807) is 26.2 Å². The van der Waals surface area contributed by atoms with E-state index in [-0.39, 0.29) is 11.8 Å². The molecule has 0 aromatic heterocycles. The Morgan fingerprint density at radius 2 is 2.18 bits per heavy atom. The minimum Gasteiger partial charge on any atom is -0.383 e. The van der Waals surface area contributed by atoms with Crippen molar-refractivity contribution in [2.45, 2.75) is 13.5 Å². The molecule has 0 unspecified atom stereocenters. The predicted octanol–water partition coefficient (Wildman–Crippen LogP) is 1.58. The fraction of sp³-hybridized carbons (Fsp3) is 0.417. The molecule has 94 valence electrons. The number of amides is 2. The average Bonchev–Trinajstić information content (AvgIpc) is 2.31. The zero-order valence-electron chi connectivity index (χ0n) is 10.0. The van der Waals surface area contributed by atoms with Crippen molar-refractivity contribution in [3.05, 3.63) is 35.1 Å². The maximum absolute atomic E-state index is 13.2. The van der Waals surface area contributed by atoms with Crippen LogP contribution in [0.3, 0.4) is 0 Å². The Bertz CT molecular complexity index is 383. The van der Waals surface area contributed by atoms with Crippen LogP contribution in [-0.4, -0.2) is 26.3 Å². The molecule has 0 spiro atoms. The number of halogens is 1. The van der Waals surface area contributed by atoms with Crippen molar-refractivity contribution in [3.63, 3.8) is 0 Å². The molecule has 0 atom stereocenters. The van der Waals surface area contributed by atoms with Gasteiger partial charge in [-0.15, -0.1) is 0 Å². The Balaban J connectivity index is 2.34. The second kappa shape index (κ2) is 6.85. The van der Waals surface area contributed by atoms with Gasteiger partial charge in [0.2, 0.25) is 0 Å². The van der Waals surface area contributed by atoms with E-state index in [1.807, 2.05) is 0 Å². The highest BCUT2D eigenvalue weighted by Crippen LogP contribution is 2.08. The SMILES string of the molecule is COCCNC(=O)NCc1ccc(C)c(F)c1. The fourth-order valence-electron chi connectivity index (χ4n) is 1.26. The summed E-state index contributed by atoms with van der Waals surface area (Å²) in [6, 6.07) is 4.61. The molecule has 1 aromatic carbocycles. The molecule has 0 aliphatic carbocycles. The van der Waals surface area contributed by atoms with E-state index in [2.05, 4.69) is 10.6 Å². The molecule has 0 heterocycles. The van der Waals surface area contributed by atoms with Crippen molar-refractivity contribution in [3.8, 4) is 0 Å². The van der Waals surface area contributed by atoms with Crippen LogP contribution in [0, 0.1) is 12.7 Å². The van der Waals surface area contributed by atoms with Gasteiger partial charge in [0.1, 0.15) is 5.82 Å². The molecule has 4 nitrogen and oxygen atoms in total. The van der Waals surface area contributed by atoms with Crippen LogP contribution in [0.15, 0.2) is 18.2 Å². The standard InChI is InChI=1S/C12H17FN2O2/c1-9-3-4-10(7-11(9)13)8-15-12(16)14-5-6-17-2/h3-4,7H,5-6,8H2,1-2H3,(H2,14,15,16). The molecule has 0 aliphatic heterocycles. The van der Waals surface area contributed by atoms with Gasteiger partial charge in [-0.2, -0.15) is 0 Å². The van der Waals surface area contributed by atoms with Crippen molar-refractivity contribution in [1.29, 1.82) is 0 Å². The van der Waals surface area contributed by atoms with Gasteiger partial charge in [-0.05, 0) is 24.1 Å². The van der Waals surface area contributed by atoms with E-state index >= 15 is 0 Å². The largest absolute Gasteiger partial charge is 0.383 e. The van der Waals surface area contributed by atoms with Gasteiger partial charge in [-0.1, -0.05) is 12.1 Å². The van der Waals surface area contributed by atoms with Gasteiger partial charge in [0.25, 0.3) is 0 Å². The van der Waals surface area contributed by atoms with Crippen molar-refractivity contribution >= 4 is 6.03 Å². The van der Waals surface area contributed by atoms with Crippen LogP contribution < -0.4 is 10.6 Å². The molecule has 2 amide bonds. The number of urea groups is 1. The van der Waals surface area contributed by atoms with Gasteiger partial charge in [0, 0.05) is 20.2 Å². The van der Waals surface area contributed by atoms with Crippen molar-refractivity contribution in [2.24, 2.45) is 0 Å². The van der Waals surface area contributed by atoms with Crippen LogP contribution in [0.5, 0.6) is 0 Å². The molecule has 0 bridgehead atoms. The molecule has 0 saturated heterocycles. The van der Waals surface area contributed by atoms with Gasteiger partial charge in [-0.3, -0.25) is 0 Å². The highest BCUT2D eigenvalue weighted by Gasteiger charge is 2.02. The molecule has 17 heavy (non-hydrogen) atoms. The minimum atomic E-state index is -0.289. The summed E-state index contributed by atoms with van der Waals surface area (Å²) in [7, 11) is 1.56. The Morgan fingerprint density at radius 3 is 2.82 bits per heavy atom. The molecule has 1 aromatic rings. The zero-order chi connectivity index (χ0) is 12.7. The number of carbonyl (C=O) groups is 1. The van der Waals surface area contributed by atoms with E-state index < -0.39 is 0 Å². The molecule has 2 N–H and O–H groups in total. The summed E-state index contributed by atoms with van der Waals surface area (Å²) >= 11 is 0. The zero-order valence-corrected chi connectivity index (χ0v) is 10.0. The third-order valence-corrected chi connectivity index (χ3v) is 2.28. The van der Waals surface area contributed by atoms with Crippen LogP contribution in [-0.2, 0) is 11.3 Å². The first-order chi connectivity index (χ1) is 8.13. The molecule has 0 saturated carbocycles. The smallest absolute Gasteiger partial charge is 0.315 e. The van der Waals surface area contributed by atoms with Crippen LogP contribution >= 0.6 is 0 Å². The van der Waals surface area contributed by atoms with E-state index in [1.165, 1.54) is 6.07 Å². The monoisotopic (exact) mass is 240 g/mol. The molecule has 1 rings (SSSR count). The first-order valence-corrected chi connectivity index (χ1v) is 5.39. The van der Waals surface area contributed by atoms with Crippen LogP contribution in [0.4, 0.5) is 9.18 Å². The van der Waals surface area contributed by atoms with E-state index in [0.717, 1.165) is 5.56 Å². The summed E-state index contributed by atoms with van der Waals surface area (Å²) < 4.78 is 18.0. The number of hydrogen-bond acceptors (Lipinski definition) is 2. The van der Waals surface area contributed by atoms with Crippen molar-refractivity contribution in [1.82, 2.24) is 10.6 Å². The quantitative estimate of drug-likeness (QED) is 0.768. The van der Waals surface area contributed by atoms with Crippen molar-refractivity contribution < 1.29 is 13.9 Å². The van der Waals surface area contributed by atoms with Gasteiger partial charge < -0.3 is 15.4 Å². The first-order valence-electron chi connectivity index (χ1n) is 5.39. The number of carbonyl (C=O) groups excluding carboxylic acids is 1. The number of benzene rings is 1. The summed E-state index contributed by atoms with van der Waals surface area (Å²) in [5, 5.41) is 5.24. The third-order valence-electron chi connectivity index (χ3n) is 2.28. The molecular weight excluding hydrogens is 223 g/mol. The van der Waals surface area contributed by atoms with E-state index in [9.17, 15) is 9.18 Å². The third kappa shape index (κ3) is 4.82. The van der Waals surface area contributed by atoms with Crippen LogP contribution in [0.2, 0.25) is 0 Å². The Kier molecular flexibility index (Phi) is 5.42. The van der Waals surface area contributed by atoms with Crippen LogP contribution in [0.1, 0.15) is 11.1 Å². The topological polar surface area (TPSA) is 50.4 Å². The number of rotatable bonds is 5. The molecular formula is C12H17FN2O2. The predicted molar refractivity (Wildman–Crippen MR) is 63.3 cm³/mol. The first kappa shape index (κ1) is 13.4. The molecule has 0 fully saturated rings. The highest BCUT2D eigenvalue weighted by molar-refractivity contribution is 5.73. The van der Waals surface area contributed by atoms with Crippen LogP contribution in [0.25, 0.3) is 0 Å². The lowest BCUT2D eigenvalue weighted by atomic mass is 10.1. The van der Waals surface area contributed by atoms with Crippen molar-refractivity contribution in [2.75, 3.05) is 20.3 Å². The Labute approximate surface area is 100 Å². The summed E-state index contributed by atoms with van der Waals surface area (Å²) in [5.74, 6) is -0.260. The highest BCUT2D eigenvalue weighted by atomic mass is 19.1. The summed E-state index contributed by atoms with van der Waals surface area (Å²) in [5.41, 5.74) is 1.33. The maximum Gasteiger partial charge on any atom is 0.315 e. The van der Waals surface area contributed by atoms with E-state index in [4.69, 9.17) is 4.74 Å². The molecule has 0 aliphatic rings. The van der Waals surface area contributed by atoms with Gasteiger partial charge in [0.05, 0.1) is 6.61 Å². The van der Waals surface area contributed by atoms with E-state index in [0.29, 0.717) is 25.3 Å². The summed E-state index contributed by atoms with van der Waals surface area (Å²) in [6.07, 6.45) is 0. The minimum absolute atomic E-state index is 0.260. The summed E-state index contributed by atoms with van der Waals surface area (Å²) in [4.78, 5) is 11.3. The normalized spacial score (nSPS) is 10.1. The second-order valence-electron chi connectivity index (χ2n) is 3.69. The number of nitrogens with one attached hydrogen (secondary N) is 2. The lowest BCUT2D eigenvalue weighted by Gasteiger charge is -2.07. The second-order valence-corrected chi connectivity index (χ2v) is 3.69. The number of ether oxygens (including phenoxy) is 1. The number of aryl methyl sites for hydroxylation is 1. The molecule has 0 radical (unpaired) electrons. The van der Waals surface area contributed by atoms with Gasteiger partial charge in [0.15, 0.2) is 0 Å². The Morgan fingerprint density at radius 1 is 1.41 bits per heavy atom.